The number of aromatic hydroxyl groups is 2. The first-order valence-electron chi connectivity index (χ1n) is 7.91. The van der Waals surface area contributed by atoms with Crippen LogP contribution in [0, 0.1) is 0 Å². The van der Waals surface area contributed by atoms with Crippen LogP contribution in [0.15, 0.2) is 54.6 Å². The predicted molar refractivity (Wildman–Crippen MR) is 114 cm³/mol. The van der Waals surface area contributed by atoms with E-state index in [0.717, 1.165) is 6.07 Å². The van der Waals surface area contributed by atoms with Crippen molar-refractivity contribution in [2.45, 2.75) is 4.75 Å². The van der Waals surface area contributed by atoms with E-state index in [9.17, 15) is 23.2 Å². The molecule has 0 amide bonds. The highest BCUT2D eigenvalue weighted by atomic mass is 35.5. The molecule has 3 aromatic rings. The van der Waals surface area contributed by atoms with Gasteiger partial charge in [0.2, 0.25) is 0 Å². The fraction of sp³-hybridized carbons (Fsp3) is 0.0526. The smallest absolute Gasteiger partial charge is 0.283 e. The third kappa shape index (κ3) is 3.44. The van der Waals surface area contributed by atoms with E-state index in [-0.39, 0.29) is 21.2 Å². The molecule has 1 unspecified atom stereocenters. The van der Waals surface area contributed by atoms with Crippen molar-refractivity contribution < 1.29 is 23.2 Å². The lowest BCUT2D eigenvalue weighted by Crippen LogP contribution is -2.39. The molecule has 1 atom stereocenters. The minimum Gasteiger partial charge on any atom is -0.506 e. The Bertz CT molecular complexity index is 1150. The lowest BCUT2D eigenvalue weighted by atomic mass is 9.83. The minimum atomic E-state index is -5.19. The maximum Gasteiger partial charge on any atom is 0.283 e. The summed E-state index contributed by atoms with van der Waals surface area (Å²) in [6.07, 6.45) is 0. The summed E-state index contributed by atoms with van der Waals surface area (Å²) in [6.45, 7) is 0. The number of benzene rings is 3. The van der Waals surface area contributed by atoms with Crippen molar-refractivity contribution in [3.63, 3.8) is 0 Å². The molecule has 3 aromatic carbocycles. The van der Waals surface area contributed by atoms with Gasteiger partial charge in [-0.2, -0.15) is 8.42 Å². The maximum absolute atomic E-state index is 13.0. The highest BCUT2D eigenvalue weighted by molar-refractivity contribution is 7.87. The summed E-state index contributed by atoms with van der Waals surface area (Å²) >= 11 is 24.9. The molecule has 0 radical (unpaired) electrons. The Labute approximate surface area is 186 Å². The normalized spacial score (nSPS) is 13.8. The van der Waals surface area contributed by atoms with E-state index >= 15 is 0 Å². The standard InChI is InChI=1S/C19H12Cl4O5S/c20-11-7-4-8-12(21)15(11)19(29(26,27)28,10-5-2-1-3-6-10)16-17(23)14(24)9-13(22)18(16)25/h1-9,24-25H,(H,26,27,28). The highest BCUT2D eigenvalue weighted by Gasteiger charge is 2.54. The molecule has 3 rings (SSSR count). The van der Waals surface area contributed by atoms with Crippen LogP contribution in [0.4, 0.5) is 0 Å². The molecule has 0 aromatic heterocycles. The summed E-state index contributed by atoms with van der Waals surface area (Å²) in [4.78, 5) is 0. The highest BCUT2D eigenvalue weighted by Crippen LogP contribution is 2.56. The van der Waals surface area contributed by atoms with E-state index < -0.39 is 42.0 Å². The van der Waals surface area contributed by atoms with E-state index in [1.807, 2.05) is 0 Å². The summed E-state index contributed by atoms with van der Waals surface area (Å²) in [5.74, 6) is -1.39. The van der Waals surface area contributed by atoms with Crippen LogP contribution in [0.2, 0.25) is 20.1 Å². The van der Waals surface area contributed by atoms with Crippen LogP contribution in [0.1, 0.15) is 16.7 Å². The molecule has 0 fully saturated rings. The van der Waals surface area contributed by atoms with E-state index in [2.05, 4.69) is 0 Å². The van der Waals surface area contributed by atoms with Crippen LogP contribution in [-0.2, 0) is 14.9 Å². The molecule has 0 saturated heterocycles. The summed E-state index contributed by atoms with van der Waals surface area (Å²) in [6, 6.07) is 12.5. The topological polar surface area (TPSA) is 94.8 Å². The van der Waals surface area contributed by atoms with Gasteiger partial charge in [-0.3, -0.25) is 4.55 Å². The zero-order chi connectivity index (χ0) is 21.6. The SMILES string of the molecule is O=S(=O)(O)C(c1ccccc1)(c1c(Cl)cccc1Cl)c1c(O)c(Cl)cc(O)c1Cl. The van der Waals surface area contributed by atoms with Gasteiger partial charge in [0.15, 0.2) is 4.75 Å². The second-order valence-corrected chi connectivity index (χ2v) is 9.20. The Hall–Kier alpha value is -1.67. The molecule has 29 heavy (non-hydrogen) atoms. The molecule has 152 valence electrons. The second-order valence-electron chi connectivity index (χ2n) is 6.03. The molecule has 0 saturated carbocycles. The van der Waals surface area contributed by atoms with Crippen LogP contribution in [0.25, 0.3) is 0 Å². The van der Waals surface area contributed by atoms with Crippen LogP contribution in [-0.4, -0.2) is 23.2 Å². The average Bonchev–Trinajstić information content (AvgIpc) is 2.64. The van der Waals surface area contributed by atoms with Gasteiger partial charge in [-0.05, 0) is 17.7 Å². The minimum absolute atomic E-state index is 0.0450. The Morgan fingerprint density at radius 3 is 1.83 bits per heavy atom. The lowest BCUT2D eigenvalue weighted by Gasteiger charge is -2.35. The van der Waals surface area contributed by atoms with Crippen molar-refractivity contribution in [2.24, 2.45) is 0 Å². The third-order valence-electron chi connectivity index (χ3n) is 4.40. The number of hydrogen-bond acceptors (Lipinski definition) is 4. The first-order valence-corrected chi connectivity index (χ1v) is 10.9. The van der Waals surface area contributed by atoms with Crippen molar-refractivity contribution in [1.82, 2.24) is 0 Å². The quantitative estimate of drug-likeness (QED) is 0.239. The van der Waals surface area contributed by atoms with E-state index in [0.29, 0.717) is 0 Å². The van der Waals surface area contributed by atoms with Crippen LogP contribution in [0.5, 0.6) is 11.5 Å². The molecule has 0 aliphatic rings. The van der Waals surface area contributed by atoms with Gasteiger partial charge < -0.3 is 10.2 Å². The van der Waals surface area contributed by atoms with Crippen LogP contribution >= 0.6 is 46.4 Å². The second kappa shape index (κ2) is 7.87. The van der Waals surface area contributed by atoms with Gasteiger partial charge in [0.25, 0.3) is 10.1 Å². The van der Waals surface area contributed by atoms with Crippen molar-refractivity contribution in [2.75, 3.05) is 0 Å². The Morgan fingerprint density at radius 2 is 1.31 bits per heavy atom. The third-order valence-corrected chi connectivity index (χ3v) is 7.12. The van der Waals surface area contributed by atoms with E-state index in [4.69, 9.17) is 46.4 Å². The summed E-state index contributed by atoms with van der Waals surface area (Å²) in [7, 11) is -5.19. The van der Waals surface area contributed by atoms with Gasteiger partial charge in [-0.15, -0.1) is 0 Å². The van der Waals surface area contributed by atoms with Crippen molar-refractivity contribution >= 4 is 56.5 Å². The van der Waals surface area contributed by atoms with Crippen LogP contribution in [0.3, 0.4) is 0 Å². The lowest BCUT2D eigenvalue weighted by molar-refractivity contribution is 0.435. The van der Waals surface area contributed by atoms with Gasteiger partial charge >= 0.3 is 0 Å². The molecule has 3 N–H and O–H groups in total. The summed E-state index contributed by atoms with van der Waals surface area (Å²) < 4.78 is 34.0. The zero-order valence-corrected chi connectivity index (χ0v) is 18.1. The molecule has 0 spiro atoms. The summed E-state index contributed by atoms with van der Waals surface area (Å²) in [5, 5.41) is 19.7. The number of rotatable bonds is 4. The van der Waals surface area contributed by atoms with Gasteiger partial charge in [0.1, 0.15) is 11.5 Å². The zero-order valence-electron chi connectivity index (χ0n) is 14.3. The fourth-order valence-corrected chi connectivity index (χ4v) is 5.95. The Morgan fingerprint density at radius 1 is 0.759 bits per heavy atom. The summed E-state index contributed by atoms with van der Waals surface area (Å²) in [5.41, 5.74) is -0.903. The number of phenols is 2. The van der Waals surface area contributed by atoms with Gasteiger partial charge in [-0.25, -0.2) is 0 Å². The molecule has 0 heterocycles. The van der Waals surface area contributed by atoms with E-state index in [1.165, 1.54) is 42.5 Å². The van der Waals surface area contributed by atoms with Crippen molar-refractivity contribution in [3.8, 4) is 11.5 Å². The largest absolute Gasteiger partial charge is 0.506 e. The number of halogens is 4. The molecule has 0 aliphatic carbocycles. The molecular weight excluding hydrogens is 482 g/mol. The molecular formula is C19H12Cl4O5S. The average molecular weight is 494 g/mol. The molecule has 0 aliphatic heterocycles. The fourth-order valence-electron chi connectivity index (χ4n) is 3.25. The number of phenolic OH excluding ortho intramolecular Hbond substituents is 2. The predicted octanol–water partition coefficient (Wildman–Crippen LogP) is 5.89. The monoisotopic (exact) mass is 492 g/mol. The van der Waals surface area contributed by atoms with Crippen molar-refractivity contribution in [1.29, 1.82) is 0 Å². The van der Waals surface area contributed by atoms with E-state index in [1.54, 1.807) is 6.07 Å². The van der Waals surface area contributed by atoms with Crippen molar-refractivity contribution in [3.05, 3.63) is 91.4 Å². The molecule has 5 nitrogen and oxygen atoms in total. The van der Waals surface area contributed by atoms with Gasteiger partial charge in [0.05, 0.1) is 15.6 Å². The van der Waals surface area contributed by atoms with Gasteiger partial charge in [0, 0.05) is 21.7 Å². The number of hydrogen-bond donors (Lipinski definition) is 3. The Kier molecular flexibility index (Phi) is 5.98. The Balaban J connectivity index is 2.72. The van der Waals surface area contributed by atoms with Gasteiger partial charge in [-0.1, -0.05) is 82.8 Å². The molecule has 0 bridgehead atoms. The van der Waals surface area contributed by atoms with Crippen LogP contribution < -0.4 is 0 Å². The maximum atomic E-state index is 13.0. The first kappa shape index (κ1) is 22.0. The molecule has 10 heteroatoms. The first-order chi connectivity index (χ1) is 13.5.